The summed E-state index contributed by atoms with van der Waals surface area (Å²) in [6.07, 6.45) is 3.85. The van der Waals surface area contributed by atoms with Crippen molar-refractivity contribution in [1.82, 2.24) is 19.8 Å². The van der Waals surface area contributed by atoms with Gasteiger partial charge in [-0.1, -0.05) is 24.3 Å². The summed E-state index contributed by atoms with van der Waals surface area (Å²) in [4.78, 5) is 10.8. The molecule has 0 atom stereocenters. The van der Waals surface area contributed by atoms with E-state index in [1.54, 1.807) is 7.05 Å². The molecule has 0 unspecified atom stereocenters. The van der Waals surface area contributed by atoms with E-state index in [0.29, 0.717) is 25.6 Å². The van der Waals surface area contributed by atoms with Crippen molar-refractivity contribution in [2.45, 2.75) is 13.1 Å². The monoisotopic (exact) mass is 407 g/mol. The fraction of sp³-hybridized carbons (Fsp3) is 0.304. The predicted octanol–water partition coefficient (Wildman–Crippen LogP) is 3.09. The van der Waals surface area contributed by atoms with E-state index in [4.69, 9.17) is 9.47 Å². The van der Waals surface area contributed by atoms with Gasteiger partial charge in [-0.25, -0.2) is 4.98 Å². The Balaban J connectivity index is 1.41. The van der Waals surface area contributed by atoms with Crippen molar-refractivity contribution in [2.75, 3.05) is 27.3 Å². The van der Waals surface area contributed by atoms with Crippen LogP contribution in [-0.2, 0) is 20.1 Å². The van der Waals surface area contributed by atoms with Crippen molar-refractivity contribution in [3.8, 4) is 11.6 Å². The molecule has 0 aliphatic carbocycles. The molecule has 1 aromatic carbocycles. The number of nitrogens with zero attached hydrogens (tertiary/aromatic N) is 4. The molecule has 7 nitrogen and oxygen atoms in total. The van der Waals surface area contributed by atoms with Gasteiger partial charge in [0.15, 0.2) is 5.96 Å². The molecular weight excluding hydrogens is 378 g/mol. The van der Waals surface area contributed by atoms with Crippen LogP contribution in [0.3, 0.4) is 0 Å². The molecule has 0 saturated carbocycles. The molecular formula is C23H29N5O2. The van der Waals surface area contributed by atoms with Crippen LogP contribution in [0.4, 0.5) is 0 Å². The van der Waals surface area contributed by atoms with Crippen LogP contribution in [0.25, 0.3) is 0 Å². The third-order valence-corrected chi connectivity index (χ3v) is 4.62. The zero-order chi connectivity index (χ0) is 21.2. The highest BCUT2D eigenvalue weighted by Crippen LogP contribution is 2.10. The second-order valence-corrected chi connectivity index (χ2v) is 6.88. The van der Waals surface area contributed by atoms with E-state index in [1.165, 1.54) is 5.69 Å². The second-order valence-electron chi connectivity index (χ2n) is 6.88. The lowest BCUT2D eigenvalue weighted by molar-refractivity contribution is 0.212. The van der Waals surface area contributed by atoms with Gasteiger partial charge in [-0.3, -0.25) is 4.99 Å². The minimum absolute atomic E-state index is 0.441. The quantitative estimate of drug-likeness (QED) is 0.336. The molecule has 0 amide bonds. The summed E-state index contributed by atoms with van der Waals surface area (Å²) in [5.41, 5.74) is 2.27. The largest absolute Gasteiger partial charge is 0.490 e. The van der Waals surface area contributed by atoms with Crippen LogP contribution in [0.15, 0.2) is 72.0 Å². The Labute approximate surface area is 178 Å². The van der Waals surface area contributed by atoms with Gasteiger partial charge in [0.05, 0.1) is 6.54 Å². The van der Waals surface area contributed by atoms with Crippen molar-refractivity contribution in [2.24, 2.45) is 12.0 Å². The smallest absolute Gasteiger partial charge is 0.213 e. The fourth-order valence-corrected chi connectivity index (χ4v) is 2.97. The summed E-state index contributed by atoms with van der Waals surface area (Å²) in [6, 6.07) is 17.7. The zero-order valence-corrected chi connectivity index (χ0v) is 17.8. The molecule has 3 aromatic rings. The van der Waals surface area contributed by atoms with Gasteiger partial charge in [-0.2, -0.15) is 0 Å². The average molecular weight is 408 g/mol. The lowest BCUT2D eigenvalue weighted by Gasteiger charge is -2.22. The number of aromatic nitrogens is 2. The minimum Gasteiger partial charge on any atom is -0.490 e. The summed E-state index contributed by atoms with van der Waals surface area (Å²) in [5, 5.41) is 3.37. The molecule has 2 heterocycles. The molecule has 0 radical (unpaired) electrons. The molecule has 7 heteroatoms. The molecule has 1 N–H and O–H groups in total. The summed E-state index contributed by atoms with van der Waals surface area (Å²) in [6.45, 7) is 2.32. The van der Waals surface area contributed by atoms with Crippen molar-refractivity contribution in [3.05, 3.63) is 78.2 Å². The Hall–Kier alpha value is -3.48. The van der Waals surface area contributed by atoms with Crippen LogP contribution in [-0.4, -0.2) is 47.7 Å². The number of aliphatic imine (C=N–C) groups is 1. The topological polar surface area (TPSA) is 63.9 Å². The molecule has 0 saturated heterocycles. The Kier molecular flexibility index (Phi) is 7.71. The SMILES string of the molecule is CN=C(NCc1ccc(OCCOc2ccccc2)nc1)N(C)Cc1cccn1C. The van der Waals surface area contributed by atoms with Gasteiger partial charge in [-0.05, 0) is 29.8 Å². The number of benzene rings is 1. The normalized spacial score (nSPS) is 11.2. The van der Waals surface area contributed by atoms with Gasteiger partial charge in [0.2, 0.25) is 5.88 Å². The number of guanidine groups is 1. The predicted molar refractivity (Wildman–Crippen MR) is 119 cm³/mol. The summed E-state index contributed by atoms with van der Waals surface area (Å²) >= 11 is 0. The maximum Gasteiger partial charge on any atom is 0.213 e. The first-order chi connectivity index (χ1) is 14.7. The lowest BCUT2D eigenvalue weighted by atomic mass is 10.3. The number of ether oxygens (including phenoxy) is 2. The van der Waals surface area contributed by atoms with E-state index >= 15 is 0 Å². The van der Waals surface area contributed by atoms with Gasteiger partial charge in [0, 0.05) is 51.8 Å². The van der Waals surface area contributed by atoms with Gasteiger partial charge in [-0.15, -0.1) is 0 Å². The standard InChI is InChI=1S/C23H29N5O2/c1-24-23(28(3)18-20-8-7-13-27(20)2)26-17-19-11-12-22(25-16-19)30-15-14-29-21-9-5-4-6-10-21/h4-13,16H,14-15,17-18H2,1-3H3,(H,24,26). The average Bonchev–Trinajstić information content (AvgIpc) is 3.17. The Morgan fingerprint density at radius 1 is 1.07 bits per heavy atom. The lowest BCUT2D eigenvalue weighted by Crippen LogP contribution is -2.38. The van der Waals surface area contributed by atoms with Gasteiger partial charge in [0.1, 0.15) is 19.0 Å². The highest BCUT2D eigenvalue weighted by molar-refractivity contribution is 5.79. The van der Waals surface area contributed by atoms with Crippen LogP contribution < -0.4 is 14.8 Å². The van der Waals surface area contributed by atoms with E-state index in [0.717, 1.165) is 23.8 Å². The third kappa shape index (κ3) is 6.27. The second kappa shape index (κ2) is 10.9. The van der Waals surface area contributed by atoms with E-state index < -0.39 is 0 Å². The van der Waals surface area contributed by atoms with E-state index in [-0.39, 0.29) is 0 Å². The number of rotatable bonds is 9. The van der Waals surface area contributed by atoms with Gasteiger partial charge >= 0.3 is 0 Å². The van der Waals surface area contributed by atoms with Gasteiger partial charge in [0.25, 0.3) is 0 Å². The van der Waals surface area contributed by atoms with Crippen molar-refractivity contribution < 1.29 is 9.47 Å². The third-order valence-electron chi connectivity index (χ3n) is 4.62. The Morgan fingerprint density at radius 2 is 1.87 bits per heavy atom. The molecule has 0 fully saturated rings. The number of para-hydroxylation sites is 1. The molecule has 0 aliphatic heterocycles. The highest BCUT2D eigenvalue weighted by Gasteiger charge is 2.08. The first-order valence-electron chi connectivity index (χ1n) is 9.93. The molecule has 158 valence electrons. The first kappa shape index (κ1) is 21.2. The number of aryl methyl sites for hydroxylation is 1. The van der Waals surface area contributed by atoms with E-state index in [1.807, 2.05) is 75.0 Å². The highest BCUT2D eigenvalue weighted by atomic mass is 16.5. The fourth-order valence-electron chi connectivity index (χ4n) is 2.97. The van der Waals surface area contributed by atoms with Crippen LogP contribution in [0, 0.1) is 0 Å². The molecule has 0 spiro atoms. The molecule has 2 aromatic heterocycles. The summed E-state index contributed by atoms with van der Waals surface area (Å²) in [7, 11) is 5.86. The summed E-state index contributed by atoms with van der Waals surface area (Å²) in [5.74, 6) is 2.25. The molecule has 3 rings (SSSR count). The first-order valence-corrected chi connectivity index (χ1v) is 9.93. The molecule has 30 heavy (non-hydrogen) atoms. The van der Waals surface area contributed by atoms with Crippen LogP contribution in [0.5, 0.6) is 11.6 Å². The van der Waals surface area contributed by atoms with E-state index in [2.05, 4.69) is 30.8 Å². The van der Waals surface area contributed by atoms with Crippen molar-refractivity contribution >= 4 is 5.96 Å². The van der Waals surface area contributed by atoms with Crippen molar-refractivity contribution in [3.63, 3.8) is 0 Å². The molecule has 0 bridgehead atoms. The minimum atomic E-state index is 0.441. The number of hydrogen-bond donors (Lipinski definition) is 1. The zero-order valence-electron chi connectivity index (χ0n) is 17.8. The van der Waals surface area contributed by atoms with Crippen molar-refractivity contribution in [1.29, 1.82) is 0 Å². The number of nitrogens with one attached hydrogen (secondary N) is 1. The Bertz CT molecular complexity index is 922. The number of pyridine rings is 1. The van der Waals surface area contributed by atoms with Gasteiger partial charge < -0.3 is 24.3 Å². The summed E-state index contributed by atoms with van der Waals surface area (Å²) < 4.78 is 13.4. The van der Waals surface area contributed by atoms with Crippen LogP contribution >= 0.6 is 0 Å². The van der Waals surface area contributed by atoms with Crippen LogP contribution in [0.1, 0.15) is 11.3 Å². The number of hydrogen-bond acceptors (Lipinski definition) is 4. The maximum atomic E-state index is 5.65. The maximum absolute atomic E-state index is 5.65. The Morgan fingerprint density at radius 3 is 2.53 bits per heavy atom. The molecule has 0 aliphatic rings. The van der Waals surface area contributed by atoms with Crippen LogP contribution in [0.2, 0.25) is 0 Å². The van der Waals surface area contributed by atoms with E-state index in [9.17, 15) is 0 Å².